The van der Waals surface area contributed by atoms with Gasteiger partial charge >= 0.3 is 0 Å². The van der Waals surface area contributed by atoms with E-state index in [2.05, 4.69) is 5.32 Å². The Morgan fingerprint density at radius 2 is 1.92 bits per heavy atom. The number of carbonyl (C=O) groups is 2. The largest absolute Gasteiger partial charge is 0.353 e. The van der Waals surface area contributed by atoms with E-state index in [-0.39, 0.29) is 18.0 Å². The van der Waals surface area contributed by atoms with Crippen LogP contribution in [0.3, 0.4) is 0 Å². The first-order valence-electron chi connectivity index (χ1n) is 7.64. The molecule has 0 spiro atoms. The Labute approximate surface area is 138 Å². The van der Waals surface area contributed by atoms with Gasteiger partial charge in [0.1, 0.15) is 17.7 Å². The third-order valence-electron chi connectivity index (χ3n) is 4.03. The van der Waals surface area contributed by atoms with Gasteiger partial charge in [-0.3, -0.25) is 9.59 Å². The number of nitrogens with zero attached hydrogens (tertiary/aromatic N) is 1. The standard InChI is InChI=1S/C18H16F2N2O2/c19-13-6-7-14(15(20)11-13)18(24)22-9-8-21-17(23)16(22)10-12-4-2-1-3-5-12/h1-7,11,16H,8-10H2,(H,21,23)/t16-/m1/s1. The van der Waals surface area contributed by atoms with Crippen molar-refractivity contribution in [3.63, 3.8) is 0 Å². The predicted octanol–water partition coefficient (Wildman–Crippen LogP) is 2.15. The number of rotatable bonds is 3. The van der Waals surface area contributed by atoms with E-state index in [1.54, 1.807) is 0 Å². The molecule has 0 radical (unpaired) electrons. The summed E-state index contributed by atoms with van der Waals surface area (Å²) in [6.45, 7) is 0.581. The van der Waals surface area contributed by atoms with E-state index in [1.165, 1.54) is 4.90 Å². The van der Waals surface area contributed by atoms with Crippen molar-refractivity contribution >= 4 is 11.8 Å². The molecule has 6 heteroatoms. The van der Waals surface area contributed by atoms with Crippen molar-refractivity contribution in [1.29, 1.82) is 0 Å². The smallest absolute Gasteiger partial charge is 0.257 e. The second-order valence-electron chi connectivity index (χ2n) is 5.62. The average Bonchev–Trinajstić information content (AvgIpc) is 2.57. The summed E-state index contributed by atoms with van der Waals surface area (Å²) in [4.78, 5) is 26.2. The van der Waals surface area contributed by atoms with Gasteiger partial charge in [0.25, 0.3) is 5.91 Å². The summed E-state index contributed by atoms with van der Waals surface area (Å²) < 4.78 is 27.0. The number of halogens is 2. The Morgan fingerprint density at radius 1 is 1.17 bits per heavy atom. The van der Waals surface area contributed by atoms with Crippen LogP contribution in [0, 0.1) is 11.6 Å². The molecule has 24 heavy (non-hydrogen) atoms. The van der Waals surface area contributed by atoms with Gasteiger partial charge in [0.15, 0.2) is 0 Å². The van der Waals surface area contributed by atoms with E-state index < -0.39 is 23.6 Å². The summed E-state index contributed by atoms with van der Waals surface area (Å²) >= 11 is 0. The first kappa shape index (κ1) is 16.1. The number of amides is 2. The van der Waals surface area contributed by atoms with Crippen molar-refractivity contribution in [3.05, 3.63) is 71.3 Å². The van der Waals surface area contributed by atoms with Crippen LogP contribution in [0.5, 0.6) is 0 Å². The third kappa shape index (κ3) is 3.27. The maximum absolute atomic E-state index is 13.9. The molecule has 1 atom stereocenters. The Morgan fingerprint density at radius 3 is 2.62 bits per heavy atom. The van der Waals surface area contributed by atoms with Crippen LogP contribution < -0.4 is 5.32 Å². The van der Waals surface area contributed by atoms with Crippen LogP contribution in [0.2, 0.25) is 0 Å². The summed E-state index contributed by atoms with van der Waals surface area (Å²) in [6.07, 6.45) is 0.335. The van der Waals surface area contributed by atoms with Crippen molar-refractivity contribution < 1.29 is 18.4 Å². The summed E-state index contributed by atoms with van der Waals surface area (Å²) in [7, 11) is 0. The Bertz CT molecular complexity index is 765. The monoisotopic (exact) mass is 330 g/mol. The number of hydrogen-bond donors (Lipinski definition) is 1. The molecule has 0 aliphatic carbocycles. The summed E-state index contributed by atoms with van der Waals surface area (Å²) in [5.41, 5.74) is 0.668. The fraction of sp³-hybridized carbons (Fsp3) is 0.222. The maximum atomic E-state index is 13.9. The van der Waals surface area contributed by atoms with Gasteiger partial charge in [0, 0.05) is 25.6 Å². The lowest BCUT2D eigenvalue weighted by molar-refractivity contribution is -0.127. The van der Waals surface area contributed by atoms with Crippen LogP contribution in [0.25, 0.3) is 0 Å². The molecular formula is C18H16F2N2O2. The molecule has 3 rings (SSSR count). The highest BCUT2D eigenvalue weighted by Crippen LogP contribution is 2.18. The van der Waals surface area contributed by atoms with E-state index in [1.807, 2.05) is 30.3 Å². The van der Waals surface area contributed by atoms with E-state index >= 15 is 0 Å². The summed E-state index contributed by atoms with van der Waals surface area (Å²) in [5.74, 6) is -2.56. The van der Waals surface area contributed by atoms with Crippen LogP contribution in [0.1, 0.15) is 15.9 Å². The highest BCUT2D eigenvalue weighted by atomic mass is 19.1. The van der Waals surface area contributed by atoms with Gasteiger partial charge in [-0.15, -0.1) is 0 Å². The number of nitrogens with one attached hydrogen (secondary N) is 1. The molecule has 2 aromatic carbocycles. The van der Waals surface area contributed by atoms with Crippen molar-refractivity contribution in [2.45, 2.75) is 12.5 Å². The molecule has 0 aromatic heterocycles. The SMILES string of the molecule is O=C1NCCN(C(=O)c2ccc(F)cc2F)[C@@H]1Cc1ccccc1. The maximum Gasteiger partial charge on any atom is 0.257 e. The quantitative estimate of drug-likeness (QED) is 0.937. The number of piperazine rings is 1. The predicted molar refractivity (Wildman–Crippen MR) is 84.3 cm³/mol. The zero-order valence-electron chi connectivity index (χ0n) is 12.8. The molecule has 0 bridgehead atoms. The Hall–Kier alpha value is -2.76. The minimum Gasteiger partial charge on any atom is -0.353 e. The highest BCUT2D eigenvalue weighted by molar-refractivity contribution is 5.98. The molecule has 1 aliphatic heterocycles. The van der Waals surface area contributed by atoms with Crippen LogP contribution in [-0.4, -0.2) is 35.8 Å². The van der Waals surface area contributed by atoms with Gasteiger partial charge in [-0.1, -0.05) is 30.3 Å². The van der Waals surface area contributed by atoms with Crippen molar-refractivity contribution in [2.75, 3.05) is 13.1 Å². The summed E-state index contributed by atoms with van der Waals surface area (Å²) in [5, 5.41) is 2.73. The number of carbonyl (C=O) groups excluding carboxylic acids is 2. The van der Waals surface area contributed by atoms with Crippen molar-refractivity contribution in [2.24, 2.45) is 0 Å². The van der Waals surface area contributed by atoms with Crippen molar-refractivity contribution in [1.82, 2.24) is 10.2 Å². The second kappa shape index (κ2) is 6.78. The van der Waals surface area contributed by atoms with E-state index in [9.17, 15) is 18.4 Å². The molecule has 0 unspecified atom stereocenters. The van der Waals surface area contributed by atoms with Gasteiger partial charge < -0.3 is 10.2 Å². The molecular weight excluding hydrogens is 314 g/mol. The third-order valence-corrected chi connectivity index (χ3v) is 4.03. The fourth-order valence-corrected chi connectivity index (χ4v) is 2.82. The molecule has 1 saturated heterocycles. The first-order valence-corrected chi connectivity index (χ1v) is 7.64. The fourth-order valence-electron chi connectivity index (χ4n) is 2.82. The van der Waals surface area contributed by atoms with Crippen LogP contribution >= 0.6 is 0 Å². The zero-order valence-corrected chi connectivity index (χ0v) is 12.8. The van der Waals surface area contributed by atoms with E-state index in [0.29, 0.717) is 19.0 Å². The van der Waals surface area contributed by atoms with Gasteiger partial charge in [-0.25, -0.2) is 8.78 Å². The minimum atomic E-state index is -0.926. The van der Waals surface area contributed by atoms with Crippen LogP contribution in [0.15, 0.2) is 48.5 Å². The normalized spacial score (nSPS) is 17.5. The molecule has 1 heterocycles. The van der Waals surface area contributed by atoms with Gasteiger partial charge in [-0.05, 0) is 17.7 Å². The molecule has 2 aromatic rings. The lowest BCUT2D eigenvalue weighted by atomic mass is 10.0. The van der Waals surface area contributed by atoms with Gasteiger partial charge in [-0.2, -0.15) is 0 Å². The first-order chi connectivity index (χ1) is 11.6. The Balaban J connectivity index is 1.88. The topological polar surface area (TPSA) is 49.4 Å². The number of hydrogen-bond acceptors (Lipinski definition) is 2. The van der Waals surface area contributed by atoms with E-state index in [0.717, 1.165) is 17.7 Å². The molecule has 4 nitrogen and oxygen atoms in total. The zero-order chi connectivity index (χ0) is 17.1. The molecule has 1 N–H and O–H groups in total. The lowest BCUT2D eigenvalue weighted by Gasteiger charge is -2.35. The highest BCUT2D eigenvalue weighted by Gasteiger charge is 2.34. The lowest BCUT2D eigenvalue weighted by Crippen LogP contribution is -2.58. The molecule has 1 aliphatic rings. The molecule has 1 fully saturated rings. The average molecular weight is 330 g/mol. The van der Waals surface area contributed by atoms with Crippen molar-refractivity contribution in [3.8, 4) is 0 Å². The van der Waals surface area contributed by atoms with Crippen LogP contribution in [0.4, 0.5) is 8.78 Å². The minimum absolute atomic E-state index is 0.232. The molecule has 0 saturated carbocycles. The molecule has 2 amide bonds. The van der Waals surface area contributed by atoms with Crippen LogP contribution in [-0.2, 0) is 11.2 Å². The van der Waals surface area contributed by atoms with Gasteiger partial charge in [0.05, 0.1) is 5.56 Å². The summed E-state index contributed by atoms with van der Waals surface area (Å²) in [6, 6.07) is 11.4. The second-order valence-corrected chi connectivity index (χ2v) is 5.62. The van der Waals surface area contributed by atoms with Gasteiger partial charge in [0.2, 0.25) is 5.91 Å². The number of benzene rings is 2. The molecule has 124 valence electrons. The van der Waals surface area contributed by atoms with E-state index in [4.69, 9.17) is 0 Å². The Kier molecular flexibility index (Phi) is 4.55.